The molecule has 0 spiro atoms. The van der Waals surface area contributed by atoms with Crippen LogP contribution in [0, 0.1) is 29.6 Å². The van der Waals surface area contributed by atoms with E-state index in [0.717, 1.165) is 18.3 Å². The van der Waals surface area contributed by atoms with Gasteiger partial charge in [-0.05, 0) is 68.1 Å². The van der Waals surface area contributed by atoms with E-state index in [4.69, 9.17) is 0 Å². The van der Waals surface area contributed by atoms with Gasteiger partial charge in [0.25, 0.3) is 0 Å². The zero-order chi connectivity index (χ0) is 11.3. The van der Waals surface area contributed by atoms with E-state index in [-0.39, 0.29) is 5.60 Å². The summed E-state index contributed by atoms with van der Waals surface area (Å²) in [6.45, 7) is 4.56. The van der Waals surface area contributed by atoms with E-state index < -0.39 is 0 Å². The summed E-state index contributed by atoms with van der Waals surface area (Å²) in [6.07, 6.45) is 9.10. The Morgan fingerprint density at radius 1 is 1.06 bits per heavy atom. The van der Waals surface area contributed by atoms with Gasteiger partial charge < -0.3 is 5.11 Å². The molecule has 1 atom stereocenters. The summed E-state index contributed by atoms with van der Waals surface area (Å²) in [5.74, 6) is 3.94. The first-order valence-corrected chi connectivity index (χ1v) is 7.34. The summed E-state index contributed by atoms with van der Waals surface area (Å²) in [4.78, 5) is 0. The van der Waals surface area contributed by atoms with Crippen LogP contribution in [0.3, 0.4) is 0 Å². The summed E-state index contributed by atoms with van der Waals surface area (Å²) in [5, 5.41) is 11.1. The zero-order valence-electron chi connectivity index (χ0n) is 10.8. The van der Waals surface area contributed by atoms with Gasteiger partial charge in [-0.3, -0.25) is 0 Å². The molecule has 1 N–H and O–H groups in total. The van der Waals surface area contributed by atoms with Crippen LogP contribution in [0.25, 0.3) is 0 Å². The Balaban J connectivity index is 1.79. The molecule has 16 heavy (non-hydrogen) atoms. The van der Waals surface area contributed by atoms with Crippen molar-refractivity contribution in [1.82, 2.24) is 0 Å². The first-order valence-electron chi connectivity index (χ1n) is 7.34. The van der Waals surface area contributed by atoms with Gasteiger partial charge in [0.05, 0.1) is 5.60 Å². The van der Waals surface area contributed by atoms with Gasteiger partial charge in [0, 0.05) is 0 Å². The molecule has 1 unspecified atom stereocenters. The van der Waals surface area contributed by atoms with Crippen LogP contribution in [-0.4, -0.2) is 10.7 Å². The molecule has 92 valence electrons. The summed E-state index contributed by atoms with van der Waals surface area (Å²) in [7, 11) is 0. The fourth-order valence-corrected chi connectivity index (χ4v) is 5.04. The van der Waals surface area contributed by atoms with Gasteiger partial charge >= 0.3 is 0 Å². The predicted octanol–water partition coefficient (Wildman–Crippen LogP) is 3.61. The van der Waals surface area contributed by atoms with Crippen molar-refractivity contribution in [3.8, 4) is 0 Å². The largest absolute Gasteiger partial charge is 0.389 e. The smallest absolute Gasteiger partial charge is 0.0706 e. The molecule has 0 amide bonds. The SMILES string of the molecule is CCC(C)CC1(O)C2CC3CC(C2)CC1C3. The highest BCUT2D eigenvalue weighted by atomic mass is 16.3. The van der Waals surface area contributed by atoms with E-state index >= 15 is 0 Å². The maximum Gasteiger partial charge on any atom is 0.0706 e. The summed E-state index contributed by atoms with van der Waals surface area (Å²) < 4.78 is 0. The molecule has 4 aliphatic rings. The van der Waals surface area contributed by atoms with Crippen LogP contribution in [0.2, 0.25) is 0 Å². The van der Waals surface area contributed by atoms with Crippen LogP contribution in [0.4, 0.5) is 0 Å². The minimum atomic E-state index is -0.275. The Morgan fingerprint density at radius 2 is 1.56 bits per heavy atom. The number of hydrogen-bond acceptors (Lipinski definition) is 1. The molecule has 0 saturated heterocycles. The Kier molecular flexibility index (Phi) is 2.58. The molecule has 0 aromatic heterocycles. The van der Waals surface area contributed by atoms with Gasteiger partial charge in [0.15, 0.2) is 0 Å². The van der Waals surface area contributed by atoms with Crippen LogP contribution in [-0.2, 0) is 0 Å². The van der Waals surface area contributed by atoms with Gasteiger partial charge in [-0.25, -0.2) is 0 Å². The summed E-state index contributed by atoms with van der Waals surface area (Å²) >= 11 is 0. The molecule has 4 fully saturated rings. The van der Waals surface area contributed by atoms with Crippen molar-refractivity contribution < 1.29 is 5.11 Å². The Labute approximate surface area is 99.6 Å². The van der Waals surface area contributed by atoms with Crippen LogP contribution in [0.5, 0.6) is 0 Å². The van der Waals surface area contributed by atoms with Crippen molar-refractivity contribution in [1.29, 1.82) is 0 Å². The molecule has 0 aromatic carbocycles. The van der Waals surface area contributed by atoms with Gasteiger partial charge in [0.2, 0.25) is 0 Å². The van der Waals surface area contributed by atoms with E-state index in [9.17, 15) is 5.11 Å². The normalized spacial score (nSPS) is 51.9. The van der Waals surface area contributed by atoms with E-state index in [1.54, 1.807) is 0 Å². The van der Waals surface area contributed by atoms with Crippen LogP contribution in [0.1, 0.15) is 58.8 Å². The predicted molar refractivity (Wildman–Crippen MR) is 66.1 cm³/mol. The average Bonchev–Trinajstić information content (AvgIpc) is 2.25. The highest BCUT2D eigenvalue weighted by Crippen LogP contribution is 2.59. The topological polar surface area (TPSA) is 20.2 Å². The molecule has 4 bridgehead atoms. The molecule has 4 saturated carbocycles. The molecule has 0 heterocycles. The Morgan fingerprint density at radius 3 is 2.00 bits per heavy atom. The van der Waals surface area contributed by atoms with Gasteiger partial charge in [-0.1, -0.05) is 20.3 Å². The lowest BCUT2D eigenvalue weighted by Gasteiger charge is -2.59. The molecule has 1 heteroatoms. The second kappa shape index (κ2) is 3.73. The third kappa shape index (κ3) is 1.54. The van der Waals surface area contributed by atoms with E-state index in [0.29, 0.717) is 17.8 Å². The maximum absolute atomic E-state index is 11.1. The Hall–Kier alpha value is -0.0400. The van der Waals surface area contributed by atoms with Gasteiger partial charge in [-0.15, -0.1) is 0 Å². The number of rotatable bonds is 3. The minimum Gasteiger partial charge on any atom is -0.389 e. The van der Waals surface area contributed by atoms with Crippen molar-refractivity contribution in [2.24, 2.45) is 29.6 Å². The third-order valence-corrected chi connectivity index (χ3v) is 5.92. The summed E-state index contributed by atoms with van der Waals surface area (Å²) in [5.41, 5.74) is -0.275. The molecular weight excluding hydrogens is 196 g/mol. The van der Waals surface area contributed by atoms with Crippen molar-refractivity contribution in [2.75, 3.05) is 0 Å². The van der Waals surface area contributed by atoms with E-state index in [1.165, 1.54) is 38.5 Å². The van der Waals surface area contributed by atoms with Gasteiger partial charge in [0.1, 0.15) is 0 Å². The monoisotopic (exact) mass is 222 g/mol. The fourth-order valence-electron chi connectivity index (χ4n) is 5.04. The molecule has 1 nitrogen and oxygen atoms in total. The first kappa shape index (κ1) is 11.1. The van der Waals surface area contributed by atoms with Crippen molar-refractivity contribution in [3.63, 3.8) is 0 Å². The quantitative estimate of drug-likeness (QED) is 0.773. The summed E-state index contributed by atoms with van der Waals surface area (Å²) in [6, 6.07) is 0. The van der Waals surface area contributed by atoms with Crippen LogP contribution >= 0.6 is 0 Å². The highest BCUT2D eigenvalue weighted by molar-refractivity contribution is 5.07. The van der Waals surface area contributed by atoms with E-state index in [2.05, 4.69) is 13.8 Å². The molecule has 4 rings (SSSR count). The average molecular weight is 222 g/mol. The highest BCUT2D eigenvalue weighted by Gasteiger charge is 2.56. The second-order valence-electron chi connectivity index (χ2n) is 7.01. The van der Waals surface area contributed by atoms with Crippen molar-refractivity contribution >= 4 is 0 Å². The number of aliphatic hydroxyl groups is 1. The molecular formula is C15H26O. The van der Waals surface area contributed by atoms with Gasteiger partial charge in [-0.2, -0.15) is 0 Å². The Bertz CT molecular complexity index is 243. The number of hydrogen-bond donors (Lipinski definition) is 1. The second-order valence-corrected chi connectivity index (χ2v) is 7.01. The lowest BCUT2D eigenvalue weighted by Crippen LogP contribution is -2.58. The minimum absolute atomic E-state index is 0.275. The van der Waals surface area contributed by atoms with E-state index in [1.807, 2.05) is 0 Å². The molecule has 4 aliphatic carbocycles. The maximum atomic E-state index is 11.1. The van der Waals surface area contributed by atoms with Crippen LogP contribution < -0.4 is 0 Å². The van der Waals surface area contributed by atoms with Crippen molar-refractivity contribution in [2.45, 2.75) is 64.4 Å². The lowest BCUT2D eigenvalue weighted by atomic mass is 9.48. The molecule has 0 aromatic rings. The third-order valence-electron chi connectivity index (χ3n) is 5.92. The fraction of sp³-hybridized carbons (Fsp3) is 1.00. The standard InChI is InChI=1S/C15H26O/c1-3-10(2)9-15(16)13-5-11-4-12(7-13)8-14(15)6-11/h10-14,16H,3-9H2,1-2H3. The molecule has 0 radical (unpaired) electrons. The van der Waals surface area contributed by atoms with Crippen LogP contribution in [0.15, 0.2) is 0 Å². The zero-order valence-corrected chi connectivity index (χ0v) is 10.8. The first-order chi connectivity index (χ1) is 7.61. The molecule has 0 aliphatic heterocycles. The lowest BCUT2D eigenvalue weighted by molar-refractivity contribution is -0.181. The van der Waals surface area contributed by atoms with Crippen molar-refractivity contribution in [3.05, 3.63) is 0 Å².